The van der Waals surface area contributed by atoms with Gasteiger partial charge in [0.25, 0.3) is 0 Å². The van der Waals surface area contributed by atoms with Crippen molar-refractivity contribution in [2.45, 2.75) is 20.5 Å². The topological polar surface area (TPSA) is 48.4 Å². The monoisotopic (exact) mass is 405 g/mol. The number of hydrogen-bond acceptors (Lipinski definition) is 4. The second-order valence-corrected chi connectivity index (χ2v) is 7.17. The second kappa shape index (κ2) is 10.3. The molecule has 3 aromatic rings. The summed E-state index contributed by atoms with van der Waals surface area (Å²) in [7, 11) is 0. The highest BCUT2D eigenvalue weighted by molar-refractivity contribution is 5.76. The van der Waals surface area contributed by atoms with Crippen molar-refractivity contribution in [3.05, 3.63) is 95.9 Å². The molecule has 154 valence electrons. The molecule has 0 saturated heterocycles. The third-order valence-corrected chi connectivity index (χ3v) is 4.47. The van der Waals surface area contributed by atoms with E-state index < -0.39 is 5.92 Å². The van der Waals surface area contributed by atoms with Crippen molar-refractivity contribution in [3.8, 4) is 11.6 Å². The lowest BCUT2D eigenvalue weighted by molar-refractivity contribution is -0.149. The summed E-state index contributed by atoms with van der Waals surface area (Å²) in [5.41, 5.74) is 1.42. The van der Waals surface area contributed by atoms with Gasteiger partial charge in [-0.2, -0.15) is 0 Å². The Morgan fingerprint density at radius 1 is 1.00 bits per heavy atom. The van der Waals surface area contributed by atoms with E-state index >= 15 is 0 Å². The third kappa shape index (κ3) is 6.27. The van der Waals surface area contributed by atoms with Gasteiger partial charge in [-0.1, -0.05) is 62.4 Å². The van der Waals surface area contributed by atoms with E-state index in [0.717, 1.165) is 5.56 Å². The number of para-hydroxylation sites is 1. The quantitative estimate of drug-likeness (QED) is 0.429. The molecule has 0 aliphatic carbocycles. The standard InChI is InChI=1S/C25H24FNO3/c1-18(2)23(16-13-19-11-14-20(26)15-12-19)25(28)29-17-21-7-6-10-24(27-21)30-22-8-4-3-5-9-22/h3-16,18,23H,17H2,1-2H3. The predicted octanol–water partition coefficient (Wildman–Crippen LogP) is 6.04. The van der Waals surface area contributed by atoms with Crippen molar-refractivity contribution < 1.29 is 18.7 Å². The predicted molar refractivity (Wildman–Crippen MR) is 114 cm³/mol. The van der Waals surface area contributed by atoms with E-state index in [1.807, 2.05) is 50.2 Å². The first-order chi connectivity index (χ1) is 14.5. The molecule has 0 fully saturated rings. The minimum absolute atomic E-state index is 0.0508. The Morgan fingerprint density at radius 2 is 1.73 bits per heavy atom. The van der Waals surface area contributed by atoms with E-state index in [1.165, 1.54) is 12.1 Å². The van der Waals surface area contributed by atoms with Crippen LogP contribution in [-0.4, -0.2) is 11.0 Å². The number of rotatable bonds is 8. The number of aromatic nitrogens is 1. The maximum atomic E-state index is 13.0. The number of ether oxygens (including phenoxy) is 2. The number of carbonyl (C=O) groups is 1. The maximum Gasteiger partial charge on any atom is 0.313 e. The molecule has 0 N–H and O–H groups in total. The Kier molecular flexibility index (Phi) is 7.33. The lowest BCUT2D eigenvalue weighted by atomic mass is 9.95. The SMILES string of the molecule is CC(C)C(C=Cc1ccc(F)cc1)C(=O)OCc1cccc(Oc2ccccc2)n1. The summed E-state index contributed by atoms with van der Waals surface area (Å²) in [6, 6.07) is 20.8. The van der Waals surface area contributed by atoms with Gasteiger partial charge < -0.3 is 9.47 Å². The highest BCUT2D eigenvalue weighted by Gasteiger charge is 2.21. The van der Waals surface area contributed by atoms with Gasteiger partial charge in [0.2, 0.25) is 5.88 Å². The molecule has 0 aliphatic heterocycles. The summed E-state index contributed by atoms with van der Waals surface area (Å²) in [6.45, 7) is 3.96. The van der Waals surface area contributed by atoms with Gasteiger partial charge in [0, 0.05) is 6.07 Å². The molecule has 0 radical (unpaired) electrons. The summed E-state index contributed by atoms with van der Waals surface area (Å²) in [4.78, 5) is 17.0. The van der Waals surface area contributed by atoms with Crippen LogP contribution in [0.5, 0.6) is 11.6 Å². The normalized spacial score (nSPS) is 12.1. The molecule has 1 atom stereocenters. The average Bonchev–Trinajstić information content (AvgIpc) is 2.74. The van der Waals surface area contributed by atoms with E-state index in [9.17, 15) is 9.18 Å². The first kappa shape index (κ1) is 21.2. The first-order valence-corrected chi connectivity index (χ1v) is 9.80. The smallest absolute Gasteiger partial charge is 0.313 e. The number of pyridine rings is 1. The van der Waals surface area contributed by atoms with Gasteiger partial charge >= 0.3 is 5.97 Å². The molecule has 1 unspecified atom stereocenters. The number of halogens is 1. The van der Waals surface area contributed by atoms with Crippen LogP contribution in [0.4, 0.5) is 4.39 Å². The Hall–Kier alpha value is -3.47. The van der Waals surface area contributed by atoms with Crippen LogP contribution in [0.2, 0.25) is 0 Å². The molecular formula is C25H24FNO3. The zero-order valence-corrected chi connectivity index (χ0v) is 17.0. The highest BCUT2D eigenvalue weighted by atomic mass is 19.1. The minimum Gasteiger partial charge on any atom is -0.459 e. The van der Waals surface area contributed by atoms with Gasteiger partial charge in [-0.3, -0.25) is 4.79 Å². The Bertz CT molecular complexity index is 985. The van der Waals surface area contributed by atoms with Gasteiger partial charge in [-0.25, -0.2) is 9.37 Å². The van der Waals surface area contributed by atoms with Crippen LogP contribution >= 0.6 is 0 Å². The number of benzene rings is 2. The summed E-state index contributed by atoms with van der Waals surface area (Å²) in [5.74, 6) is 0.127. The Balaban J connectivity index is 1.61. The van der Waals surface area contributed by atoms with Crippen LogP contribution in [0.25, 0.3) is 6.08 Å². The van der Waals surface area contributed by atoms with Crippen molar-refractivity contribution in [1.82, 2.24) is 4.98 Å². The molecule has 0 amide bonds. The van der Waals surface area contributed by atoms with E-state index in [2.05, 4.69) is 4.98 Å². The van der Waals surface area contributed by atoms with Crippen LogP contribution in [0.15, 0.2) is 78.9 Å². The van der Waals surface area contributed by atoms with Crippen LogP contribution in [0.1, 0.15) is 25.1 Å². The largest absolute Gasteiger partial charge is 0.459 e. The maximum absolute atomic E-state index is 13.0. The number of esters is 1. The fraction of sp³-hybridized carbons (Fsp3) is 0.200. The van der Waals surface area contributed by atoms with Crippen molar-refractivity contribution in [2.75, 3.05) is 0 Å². The van der Waals surface area contributed by atoms with Gasteiger partial charge in [0.15, 0.2) is 0 Å². The van der Waals surface area contributed by atoms with Crippen LogP contribution < -0.4 is 4.74 Å². The number of hydrogen-bond donors (Lipinski definition) is 0. The van der Waals surface area contributed by atoms with Gasteiger partial charge in [-0.15, -0.1) is 0 Å². The van der Waals surface area contributed by atoms with Crippen LogP contribution in [0.3, 0.4) is 0 Å². The first-order valence-electron chi connectivity index (χ1n) is 9.80. The molecule has 1 heterocycles. The lowest BCUT2D eigenvalue weighted by Gasteiger charge is -2.16. The van der Waals surface area contributed by atoms with Crippen LogP contribution in [0, 0.1) is 17.7 Å². The molecule has 0 bridgehead atoms. The van der Waals surface area contributed by atoms with Crippen molar-refractivity contribution in [1.29, 1.82) is 0 Å². The highest BCUT2D eigenvalue weighted by Crippen LogP contribution is 2.20. The lowest BCUT2D eigenvalue weighted by Crippen LogP contribution is -2.21. The number of nitrogens with zero attached hydrogens (tertiary/aromatic N) is 1. The van der Waals surface area contributed by atoms with E-state index in [1.54, 1.807) is 36.4 Å². The molecule has 0 saturated carbocycles. The molecule has 30 heavy (non-hydrogen) atoms. The van der Waals surface area contributed by atoms with E-state index in [4.69, 9.17) is 9.47 Å². The van der Waals surface area contributed by atoms with Crippen LogP contribution in [-0.2, 0) is 16.1 Å². The Morgan fingerprint density at radius 3 is 2.43 bits per heavy atom. The Labute approximate surface area is 176 Å². The van der Waals surface area contributed by atoms with Crippen molar-refractivity contribution in [3.63, 3.8) is 0 Å². The zero-order valence-electron chi connectivity index (χ0n) is 17.0. The van der Waals surface area contributed by atoms with Gasteiger partial charge in [0.1, 0.15) is 18.2 Å². The fourth-order valence-electron chi connectivity index (χ4n) is 2.81. The molecule has 0 spiro atoms. The number of carbonyl (C=O) groups excluding carboxylic acids is 1. The molecule has 3 rings (SSSR count). The van der Waals surface area contributed by atoms with Crippen molar-refractivity contribution in [2.24, 2.45) is 11.8 Å². The molecule has 0 aliphatic rings. The minimum atomic E-state index is -0.418. The zero-order chi connectivity index (χ0) is 21.3. The van der Waals surface area contributed by atoms with E-state index in [0.29, 0.717) is 17.3 Å². The second-order valence-electron chi connectivity index (χ2n) is 7.17. The molecule has 2 aromatic carbocycles. The summed E-state index contributed by atoms with van der Waals surface area (Å²) in [6.07, 6.45) is 3.60. The van der Waals surface area contributed by atoms with Gasteiger partial charge in [0.05, 0.1) is 11.6 Å². The van der Waals surface area contributed by atoms with Crippen molar-refractivity contribution >= 4 is 12.0 Å². The fourth-order valence-corrected chi connectivity index (χ4v) is 2.81. The molecule has 4 nitrogen and oxygen atoms in total. The van der Waals surface area contributed by atoms with E-state index in [-0.39, 0.29) is 24.3 Å². The summed E-state index contributed by atoms with van der Waals surface area (Å²) >= 11 is 0. The summed E-state index contributed by atoms with van der Waals surface area (Å²) < 4.78 is 24.3. The molecule has 5 heteroatoms. The average molecular weight is 405 g/mol. The molecular weight excluding hydrogens is 381 g/mol. The van der Waals surface area contributed by atoms with Gasteiger partial charge in [-0.05, 0) is 41.8 Å². The third-order valence-electron chi connectivity index (χ3n) is 4.47. The molecule has 1 aromatic heterocycles. The summed E-state index contributed by atoms with van der Waals surface area (Å²) in [5, 5.41) is 0.